The third-order valence-corrected chi connectivity index (χ3v) is 2.26. The maximum absolute atomic E-state index is 11.9. The molecule has 0 atom stereocenters. The zero-order chi connectivity index (χ0) is 13.2. The number of phenols is 1. The summed E-state index contributed by atoms with van der Waals surface area (Å²) >= 11 is 0. The van der Waals surface area contributed by atoms with Crippen molar-refractivity contribution in [2.45, 2.75) is 26.3 Å². The number of hydrogen-bond donors (Lipinski definition) is 2. The Kier molecular flexibility index (Phi) is 3.63. The number of benzene rings is 1. The van der Waals surface area contributed by atoms with Crippen LogP contribution in [0.4, 0.5) is 0 Å². The normalized spacial score (nSPS) is 11.1. The molecule has 5 nitrogen and oxygen atoms in total. The van der Waals surface area contributed by atoms with Crippen LogP contribution >= 0.6 is 0 Å². The molecule has 0 spiro atoms. The summed E-state index contributed by atoms with van der Waals surface area (Å²) in [5.41, 5.74) is -0.742. The lowest BCUT2D eigenvalue weighted by Gasteiger charge is -2.29. The van der Waals surface area contributed by atoms with Gasteiger partial charge in [0.15, 0.2) is 0 Å². The van der Waals surface area contributed by atoms with Gasteiger partial charge in [-0.05, 0) is 39.0 Å². The number of methoxy groups -OCH3 is 1. The van der Waals surface area contributed by atoms with Crippen molar-refractivity contribution < 1.29 is 19.8 Å². The van der Waals surface area contributed by atoms with Gasteiger partial charge in [0.25, 0.3) is 5.91 Å². The van der Waals surface area contributed by atoms with E-state index in [1.165, 1.54) is 25.3 Å². The molecule has 1 rings (SSSR count). The van der Waals surface area contributed by atoms with Crippen LogP contribution in [0.15, 0.2) is 18.2 Å². The lowest BCUT2D eigenvalue weighted by Crippen LogP contribution is -2.43. The predicted molar refractivity (Wildman–Crippen MR) is 62.4 cm³/mol. The first-order valence-corrected chi connectivity index (χ1v) is 5.18. The Morgan fingerprint density at radius 1 is 1.35 bits per heavy atom. The van der Waals surface area contributed by atoms with Crippen LogP contribution in [0.3, 0.4) is 0 Å². The van der Waals surface area contributed by atoms with Crippen LogP contribution in [0.1, 0.15) is 31.1 Å². The summed E-state index contributed by atoms with van der Waals surface area (Å²) in [6, 6.07) is 4.26. The smallest absolute Gasteiger partial charge is 0.281 e. The second kappa shape index (κ2) is 4.63. The van der Waals surface area contributed by atoms with Crippen molar-refractivity contribution in [2.75, 3.05) is 7.11 Å². The number of hydroxylamine groups is 2. The van der Waals surface area contributed by atoms with E-state index in [2.05, 4.69) is 0 Å². The molecule has 0 bridgehead atoms. The molecule has 0 saturated heterocycles. The van der Waals surface area contributed by atoms with Crippen LogP contribution in [0.2, 0.25) is 0 Å². The van der Waals surface area contributed by atoms with E-state index in [-0.39, 0.29) is 11.3 Å². The van der Waals surface area contributed by atoms with Crippen LogP contribution in [-0.4, -0.2) is 33.9 Å². The summed E-state index contributed by atoms with van der Waals surface area (Å²) in [6.45, 7) is 5.05. The molecule has 2 N–H and O–H groups in total. The highest BCUT2D eigenvalue weighted by atomic mass is 16.5. The van der Waals surface area contributed by atoms with Crippen molar-refractivity contribution in [2.24, 2.45) is 0 Å². The van der Waals surface area contributed by atoms with Gasteiger partial charge < -0.3 is 9.84 Å². The van der Waals surface area contributed by atoms with E-state index in [0.29, 0.717) is 10.8 Å². The summed E-state index contributed by atoms with van der Waals surface area (Å²) in [6.07, 6.45) is 0. The van der Waals surface area contributed by atoms with Gasteiger partial charge in [0.05, 0.1) is 18.2 Å². The second-order valence-corrected chi connectivity index (χ2v) is 4.67. The van der Waals surface area contributed by atoms with Crippen molar-refractivity contribution in [3.05, 3.63) is 23.8 Å². The quantitative estimate of drug-likeness (QED) is 0.612. The fourth-order valence-corrected chi connectivity index (χ4v) is 1.23. The van der Waals surface area contributed by atoms with E-state index in [0.717, 1.165) is 0 Å². The van der Waals surface area contributed by atoms with Gasteiger partial charge in [0.2, 0.25) is 0 Å². The number of carbonyl (C=O) groups excluding carboxylic acids is 1. The van der Waals surface area contributed by atoms with E-state index in [4.69, 9.17) is 4.74 Å². The third kappa shape index (κ3) is 2.88. The lowest BCUT2D eigenvalue weighted by molar-refractivity contribution is -0.114. The maximum atomic E-state index is 11.9. The Bertz CT molecular complexity index is 423. The standard InChI is InChI=1S/C12H17NO4/c1-12(2,3)13(16)11(15)9-7-8(17-4)5-6-10(9)14/h5-7,14,16H,1-4H3. The van der Waals surface area contributed by atoms with Gasteiger partial charge in [-0.1, -0.05) is 0 Å². The first kappa shape index (κ1) is 13.3. The number of ether oxygens (including phenoxy) is 1. The van der Waals surface area contributed by atoms with E-state index < -0.39 is 11.4 Å². The molecule has 94 valence electrons. The van der Waals surface area contributed by atoms with Gasteiger partial charge in [0.1, 0.15) is 11.5 Å². The van der Waals surface area contributed by atoms with Crippen LogP contribution < -0.4 is 4.74 Å². The molecule has 0 heterocycles. The van der Waals surface area contributed by atoms with Gasteiger partial charge in [-0.15, -0.1) is 0 Å². The molecule has 1 amide bonds. The molecule has 0 fully saturated rings. The minimum atomic E-state index is -0.743. The molecule has 0 radical (unpaired) electrons. The van der Waals surface area contributed by atoms with Crippen molar-refractivity contribution in [3.8, 4) is 11.5 Å². The molecule has 0 unspecified atom stereocenters. The number of nitrogens with zero attached hydrogens (tertiary/aromatic N) is 1. The minimum Gasteiger partial charge on any atom is -0.507 e. The molecule has 0 aliphatic heterocycles. The van der Waals surface area contributed by atoms with Gasteiger partial charge in [0, 0.05) is 0 Å². The number of carbonyl (C=O) groups is 1. The first-order chi connectivity index (χ1) is 7.77. The summed E-state index contributed by atoms with van der Waals surface area (Å²) < 4.78 is 4.96. The molecule has 17 heavy (non-hydrogen) atoms. The highest BCUT2D eigenvalue weighted by Gasteiger charge is 2.27. The van der Waals surface area contributed by atoms with E-state index in [1.54, 1.807) is 20.8 Å². The molecule has 0 aliphatic rings. The average molecular weight is 239 g/mol. The molecular weight excluding hydrogens is 222 g/mol. The van der Waals surface area contributed by atoms with Crippen LogP contribution in [0, 0.1) is 0 Å². The fourth-order valence-electron chi connectivity index (χ4n) is 1.23. The number of phenolic OH excluding ortho intramolecular Hbond substituents is 1. The Hall–Kier alpha value is -1.75. The van der Waals surface area contributed by atoms with Gasteiger partial charge in [-0.2, -0.15) is 0 Å². The maximum Gasteiger partial charge on any atom is 0.281 e. The SMILES string of the molecule is COc1ccc(O)c(C(=O)N(O)C(C)(C)C)c1. The van der Waals surface area contributed by atoms with Gasteiger partial charge >= 0.3 is 0 Å². The van der Waals surface area contributed by atoms with Crippen molar-refractivity contribution >= 4 is 5.91 Å². The van der Waals surface area contributed by atoms with Crippen LogP contribution in [0.5, 0.6) is 11.5 Å². The minimum absolute atomic E-state index is 0.00164. The first-order valence-electron chi connectivity index (χ1n) is 5.18. The summed E-state index contributed by atoms with van der Waals surface area (Å²) in [5, 5.41) is 19.9. The number of amides is 1. The zero-order valence-corrected chi connectivity index (χ0v) is 10.4. The van der Waals surface area contributed by atoms with E-state index in [9.17, 15) is 15.1 Å². The average Bonchev–Trinajstić information content (AvgIpc) is 2.26. The van der Waals surface area contributed by atoms with Crippen molar-refractivity contribution in [3.63, 3.8) is 0 Å². The zero-order valence-electron chi connectivity index (χ0n) is 10.4. The Morgan fingerprint density at radius 3 is 2.41 bits per heavy atom. The summed E-state index contributed by atoms with van der Waals surface area (Å²) in [4.78, 5) is 11.9. The highest BCUT2D eigenvalue weighted by Crippen LogP contribution is 2.25. The van der Waals surface area contributed by atoms with Gasteiger partial charge in [-0.25, -0.2) is 5.06 Å². The molecular formula is C12H17NO4. The predicted octanol–water partition coefficient (Wildman–Crippen LogP) is 2.03. The van der Waals surface area contributed by atoms with Crippen molar-refractivity contribution in [1.29, 1.82) is 0 Å². The highest BCUT2D eigenvalue weighted by molar-refractivity contribution is 5.96. The monoisotopic (exact) mass is 239 g/mol. The van der Waals surface area contributed by atoms with E-state index >= 15 is 0 Å². The fraction of sp³-hybridized carbons (Fsp3) is 0.417. The number of hydrogen-bond acceptors (Lipinski definition) is 4. The Balaban J connectivity index is 3.12. The molecule has 1 aromatic carbocycles. The molecule has 0 aliphatic carbocycles. The van der Waals surface area contributed by atoms with Crippen molar-refractivity contribution in [1.82, 2.24) is 5.06 Å². The largest absolute Gasteiger partial charge is 0.507 e. The molecule has 0 aromatic heterocycles. The third-order valence-electron chi connectivity index (χ3n) is 2.26. The van der Waals surface area contributed by atoms with Crippen LogP contribution in [-0.2, 0) is 0 Å². The van der Waals surface area contributed by atoms with E-state index in [1.807, 2.05) is 0 Å². The molecule has 0 saturated carbocycles. The second-order valence-electron chi connectivity index (χ2n) is 4.67. The molecule has 1 aromatic rings. The Labute approximate surface area is 100 Å². The summed E-state index contributed by atoms with van der Waals surface area (Å²) in [5.74, 6) is -0.429. The number of aromatic hydroxyl groups is 1. The van der Waals surface area contributed by atoms with Gasteiger partial charge in [-0.3, -0.25) is 10.0 Å². The lowest BCUT2D eigenvalue weighted by atomic mass is 10.1. The Morgan fingerprint density at radius 2 is 1.94 bits per heavy atom. The summed E-state index contributed by atoms with van der Waals surface area (Å²) in [7, 11) is 1.46. The number of rotatable bonds is 2. The topological polar surface area (TPSA) is 70.0 Å². The molecule has 5 heteroatoms. The van der Waals surface area contributed by atoms with Crippen LogP contribution in [0.25, 0.3) is 0 Å².